The summed E-state index contributed by atoms with van der Waals surface area (Å²) in [5.74, 6) is -1.09. The van der Waals surface area contributed by atoms with Crippen molar-refractivity contribution in [3.63, 3.8) is 0 Å². The van der Waals surface area contributed by atoms with Crippen molar-refractivity contribution >= 4 is 5.91 Å². The van der Waals surface area contributed by atoms with Gasteiger partial charge in [0.05, 0.1) is 12.0 Å². The lowest BCUT2D eigenvalue weighted by atomic mass is 10.3. The van der Waals surface area contributed by atoms with Crippen molar-refractivity contribution in [3.8, 4) is 17.2 Å². The molecular weight excluding hydrogens is 411 g/mol. The van der Waals surface area contributed by atoms with Crippen LogP contribution >= 0.6 is 0 Å². The minimum absolute atomic E-state index is 0.225. The zero-order valence-electron chi connectivity index (χ0n) is 16.1. The zero-order chi connectivity index (χ0) is 22.0. The fraction of sp³-hybridized carbons (Fsp3) is 0.158. The van der Waals surface area contributed by atoms with Crippen LogP contribution in [0.25, 0.3) is 17.2 Å². The van der Waals surface area contributed by atoms with Gasteiger partial charge in [0.1, 0.15) is 11.6 Å². The number of nitrogens with zero attached hydrogens (tertiary/aromatic N) is 5. The van der Waals surface area contributed by atoms with Gasteiger partial charge in [-0.25, -0.2) is 9.18 Å². The molecule has 11 nitrogen and oxygen atoms in total. The van der Waals surface area contributed by atoms with Gasteiger partial charge in [-0.2, -0.15) is 14.8 Å². The summed E-state index contributed by atoms with van der Waals surface area (Å²) >= 11 is 0. The number of halogens is 1. The van der Waals surface area contributed by atoms with E-state index in [-0.39, 0.29) is 29.6 Å². The van der Waals surface area contributed by atoms with Crippen molar-refractivity contribution in [3.05, 3.63) is 81.0 Å². The molecule has 0 spiro atoms. The first-order chi connectivity index (χ1) is 14.9. The molecule has 1 N–H and O–H groups in total. The van der Waals surface area contributed by atoms with Gasteiger partial charge >= 0.3 is 17.5 Å². The van der Waals surface area contributed by atoms with Crippen LogP contribution in [-0.2, 0) is 13.5 Å². The second-order valence-electron chi connectivity index (χ2n) is 6.39. The molecule has 0 saturated heterocycles. The van der Waals surface area contributed by atoms with Crippen LogP contribution in [0.2, 0.25) is 0 Å². The molecule has 0 bridgehead atoms. The third kappa shape index (κ3) is 4.03. The van der Waals surface area contributed by atoms with Crippen molar-refractivity contribution in [2.24, 2.45) is 7.05 Å². The molecule has 3 heterocycles. The van der Waals surface area contributed by atoms with E-state index in [1.165, 1.54) is 25.4 Å². The molecular formula is C19H15FN6O5. The Labute approximate surface area is 172 Å². The van der Waals surface area contributed by atoms with Gasteiger partial charge in [0, 0.05) is 20.0 Å². The number of hydrogen-bond acceptors (Lipinski definition) is 8. The summed E-state index contributed by atoms with van der Waals surface area (Å²) < 4.78 is 25.0. The average Bonchev–Trinajstić information content (AvgIpc) is 3.45. The zero-order valence-corrected chi connectivity index (χ0v) is 16.1. The normalized spacial score (nSPS) is 10.9. The van der Waals surface area contributed by atoms with Crippen LogP contribution < -0.4 is 16.6 Å². The molecule has 4 rings (SSSR count). The van der Waals surface area contributed by atoms with E-state index in [0.717, 1.165) is 21.4 Å². The van der Waals surface area contributed by atoms with Gasteiger partial charge in [-0.1, -0.05) is 5.16 Å². The number of hydrogen-bond donors (Lipinski definition) is 1. The molecule has 158 valence electrons. The highest BCUT2D eigenvalue weighted by Gasteiger charge is 2.21. The topological polar surface area (TPSA) is 138 Å². The van der Waals surface area contributed by atoms with E-state index in [1.54, 1.807) is 12.1 Å². The molecule has 1 amide bonds. The molecule has 3 aromatic heterocycles. The summed E-state index contributed by atoms with van der Waals surface area (Å²) in [6.45, 7) is 0.263. The van der Waals surface area contributed by atoms with E-state index in [4.69, 9.17) is 8.94 Å². The number of carbonyl (C=O) groups is 1. The Bertz CT molecular complexity index is 1340. The smallest absolute Gasteiger partial charge is 0.351 e. The number of furan rings is 1. The number of carbonyl (C=O) groups excluding carboxylic acids is 1. The van der Waals surface area contributed by atoms with Gasteiger partial charge < -0.3 is 14.3 Å². The Kier molecular flexibility index (Phi) is 5.26. The highest BCUT2D eigenvalue weighted by molar-refractivity contribution is 5.89. The van der Waals surface area contributed by atoms with Crippen LogP contribution in [-0.4, -0.2) is 36.9 Å². The fourth-order valence-corrected chi connectivity index (χ4v) is 2.71. The molecule has 0 fully saturated rings. The first-order valence-electron chi connectivity index (χ1n) is 9.05. The lowest BCUT2D eigenvalue weighted by Gasteiger charge is -2.07. The number of amides is 1. The number of rotatable bonds is 6. The number of aromatic nitrogens is 5. The predicted octanol–water partition coefficient (Wildman–Crippen LogP) is 0.686. The maximum Gasteiger partial charge on any atom is 0.351 e. The fourth-order valence-electron chi connectivity index (χ4n) is 2.71. The van der Waals surface area contributed by atoms with Crippen LogP contribution in [0.5, 0.6) is 0 Å². The van der Waals surface area contributed by atoms with Crippen molar-refractivity contribution in [1.82, 2.24) is 29.8 Å². The highest BCUT2D eigenvalue weighted by Crippen LogP contribution is 2.10. The highest BCUT2D eigenvalue weighted by atomic mass is 19.1. The van der Waals surface area contributed by atoms with Crippen LogP contribution in [0.3, 0.4) is 0 Å². The van der Waals surface area contributed by atoms with Gasteiger partial charge in [-0.3, -0.25) is 14.2 Å². The molecule has 12 heteroatoms. The van der Waals surface area contributed by atoms with Gasteiger partial charge in [0.25, 0.3) is 5.56 Å². The van der Waals surface area contributed by atoms with Crippen LogP contribution in [0, 0.1) is 5.82 Å². The first-order valence-corrected chi connectivity index (χ1v) is 9.05. The Morgan fingerprint density at radius 1 is 1.19 bits per heavy atom. The van der Waals surface area contributed by atoms with E-state index >= 15 is 0 Å². The lowest BCUT2D eigenvalue weighted by Crippen LogP contribution is -2.40. The molecule has 0 aliphatic heterocycles. The first kappa shape index (κ1) is 19.9. The molecule has 4 aromatic rings. The molecule has 0 saturated carbocycles. The molecule has 0 atom stereocenters. The lowest BCUT2D eigenvalue weighted by molar-refractivity contribution is 0.0910. The van der Waals surface area contributed by atoms with Crippen molar-refractivity contribution < 1.29 is 18.1 Å². The molecule has 0 unspecified atom stereocenters. The predicted molar refractivity (Wildman–Crippen MR) is 103 cm³/mol. The largest absolute Gasteiger partial charge is 0.469 e. The monoisotopic (exact) mass is 426 g/mol. The summed E-state index contributed by atoms with van der Waals surface area (Å²) in [5, 5.41) is 10.2. The average molecular weight is 426 g/mol. The molecule has 31 heavy (non-hydrogen) atoms. The van der Waals surface area contributed by atoms with E-state index in [9.17, 15) is 18.8 Å². The Morgan fingerprint density at radius 3 is 2.68 bits per heavy atom. The molecule has 0 radical (unpaired) electrons. The minimum atomic E-state index is -0.783. The minimum Gasteiger partial charge on any atom is -0.469 e. The van der Waals surface area contributed by atoms with E-state index in [0.29, 0.717) is 12.2 Å². The molecule has 1 aromatic carbocycles. The Morgan fingerprint density at radius 2 is 1.97 bits per heavy atom. The van der Waals surface area contributed by atoms with E-state index < -0.39 is 23.0 Å². The van der Waals surface area contributed by atoms with Crippen LogP contribution in [0.1, 0.15) is 16.4 Å². The summed E-state index contributed by atoms with van der Waals surface area (Å²) in [6.07, 6.45) is 1.99. The van der Waals surface area contributed by atoms with Crippen molar-refractivity contribution in [2.45, 2.75) is 6.42 Å². The SMILES string of the molecule is Cn1c(=O)c(-c2noc(C(=O)NCCc3ccco3)n2)nn(-c2ccc(F)cc2)c1=O. The Balaban J connectivity index is 1.60. The summed E-state index contributed by atoms with van der Waals surface area (Å²) in [5.41, 5.74) is -1.62. The third-order valence-electron chi connectivity index (χ3n) is 4.32. The summed E-state index contributed by atoms with van der Waals surface area (Å²) in [4.78, 5) is 41.0. The number of benzene rings is 1. The summed E-state index contributed by atoms with van der Waals surface area (Å²) in [7, 11) is 1.25. The maximum absolute atomic E-state index is 13.2. The van der Waals surface area contributed by atoms with Crippen LogP contribution in [0.4, 0.5) is 4.39 Å². The van der Waals surface area contributed by atoms with E-state index in [1.807, 2.05) is 0 Å². The second kappa shape index (κ2) is 8.18. The maximum atomic E-state index is 13.2. The number of nitrogens with one attached hydrogen (secondary N) is 1. The molecule has 0 aliphatic rings. The quantitative estimate of drug-likeness (QED) is 0.475. The van der Waals surface area contributed by atoms with Crippen LogP contribution in [0.15, 0.2) is 61.2 Å². The van der Waals surface area contributed by atoms with Crippen molar-refractivity contribution in [2.75, 3.05) is 6.54 Å². The third-order valence-corrected chi connectivity index (χ3v) is 4.32. The molecule has 0 aliphatic carbocycles. The van der Waals surface area contributed by atoms with Gasteiger partial charge in [0.2, 0.25) is 5.82 Å². The second-order valence-corrected chi connectivity index (χ2v) is 6.39. The Hall–Kier alpha value is -4.35. The van der Waals surface area contributed by atoms with Gasteiger partial charge in [-0.05, 0) is 36.4 Å². The van der Waals surface area contributed by atoms with Crippen molar-refractivity contribution in [1.29, 1.82) is 0 Å². The van der Waals surface area contributed by atoms with E-state index in [2.05, 4.69) is 20.6 Å². The summed E-state index contributed by atoms with van der Waals surface area (Å²) in [6, 6.07) is 8.45. The van der Waals surface area contributed by atoms with Gasteiger partial charge in [0.15, 0.2) is 5.69 Å². The standard InChI is InChI=1S/C19H15FN6O5/c1-25-18(28)14(23-26(19(25)29)12-6-4-11(20)5-7-12)15-22-17(31-24-15)16(27)21-9-8-13-3-2-10-30-13/h2-7,10H,8-9H2,1H3,(H,21,27). The van der Waals surface area contributed by atoms with Gasteiger partial charge in [-0.15, -0.1) is 0 Å².